The highest BCUT2D eigenvalue weighted by molar-refractivity contribution is 5.78. The van der Waals surface area contributed by atoms with Gasteiger partial charge in [0.1, 0.15) is 0 Å². The molecule has 2 fully saturated rings. The molecule has 2 atom stereocenters. The van der Waals surface area contributed by atoms with E-state index in [2.05, 4.69) is 0 Å². The Kier molecular flexibility index (Phi) is 4.32. The van der Waals surface area contributed by atoms with Crippen LogP contribution in [0, 0.1) is 5.92 Å². The number of nitrogens with zero attached hydrogens (tertiary/aromatic N) is 2. The molecule has 2 unspecified atom stereocenters. The predicted octanol–water partition coefficient (Wildman–Crippen LogP) is 2.17. The van der Waals surface area contributed by atoms with Crippen molar-refractivity contribution in [3.05, 3.63) is 0 Å². The van der Waals surface area contributed by atoms with Gasteiger partial charge in [0.2, 0.25) is 0 Å². The summed E-state index contributed by atoms with van der Waals surface area (Å²) in [6, 6.07) is 0.136. The Morgan fingerprint density at radius 1 is 1.16 bits per heavy atom. The number of hydrogen-bond acceptors (Lipinski definition) is 2. The Labute approximate surface area is 114 Å². The minimum absolute atomic E-state index is 0.00292. The molecule has 5 heteroatoms. The van der Waals surface area contributed by atoms with Gasteiger partial charge in [-0.15, -0.1) is 0 Å². The van der Waals surface area contributed by atoms with Crippen LogP contribution in [0.4, 0.5) is 4.79 Å². The zero-order valence-electron chi connectivity index (χ0n) is 11.8. The second-order valence-electron chi connectivity index (χ2n) is 5.85. The quantitative estimate of drug-likeness (QED) is 0.835. The first kappa shape index (κ1) is 14.2. The zero-order chi connectivity index (χ0) is 14.0. The van der Waals surface area contributed by atoms with Crippen molar-refractivity contribution in [1.29, 1.82) is 0 Å². The molecule has 1 aliphatic carbocycles. The van der Waals surface area contributed by atoms with Crippen LogP contribution in [-0.4, -0.2) is 52.6 Å². The molecule has 1 saturated carbocycles. The molecule has 0 aromatic heterocycles. The molecule has 108 valence electrons. The van der Waals surface area contributed by atoms with Gasteiger partial charge in [0.25, 0.3) is 0 Å². The van der Waals surface area contributed by atoms with Crippen LogP contribution in [0.5, 0.6) is 0 Å². The summed E-state index contributed by atoms with van der Waals surface area (Å²) in [6.07, 6.45) is 6.37. The summed E-state index contributed by atoms with van der Waals surface area (Å²) in [6.45, 7) is 2.41. The molecule has 0 radical (unpaired) electrons. The number of likely N-dealkylation sites (tertiary alicyclic amines) is 1. The van der Waals surface area contributed by atoms with Crippen LogP contribution in [-0.2, 0) is 4.79 Å². The molecule has 1 aliphatic heterocycles. The molecule has 1 saturated heterocycles. The van der Waals surface area contributed by atoms with Gasteiger partial charge in [0.05, 0.1) is 5.92 Å². The molecule has 2 aliphatic rings. The smallest absolute Gasteiger partial charge is 0.320 e. The normalized spacial score (nSPS) is 28.4. The fraction of sp³-hybridized carbons (Fsp3) is 0.857. The van der Waals surface area contributed by atoms with E-state index in [9.17, 15) is 9.59 Å². The first-order chi connectivity index (χ1) is 9.02. The SMILES string of the molecule is CC1C(C(=O)O)CCN1C(=O)N(C)C1CCCCC1. The van der Waals surface area contributed by atoms with Crippen LogP contribution in [0.1, 0.15) is 45.4 Å². The third-order valence-corrected chi connectivity index (χ3v) is 4.74. The van der Waals surface area contributed by atoms with E-state index in [0.717, 1.165) is 12.8 Å². The van der Waals surface area contributed by atoms with Gasteiger partial charge in [0, 0.05) is 25.7 Å². The van der Waals surface area contributed by atoms with E-state index in [1.165, 1.54) is 19.3 Å². The number of carbonyl (C=O) groups excluding carboxylic acids is 1. The second kappa shape index (κ2) is 5.80. The maximum absolute atomic E-state index is 12.5. The Hall–Kier alpha value is -1.26. The third kappa shape index (κ3) is 2.85. The summed E-state index contributed by atoms with van der Waals surface area (Å²) >= 11 is 0. The molecule has 0 spiro atoms. The van der Waals surface area contributed by atoms with Crippen molar-refractivity contribution in [1.82, 2.24) is 9.80 Å². The topological polar surface area (TPSA) is 60.9 Å². The Bertz CT molecular complexity index is 353. The van der Waals surface area contributed by atoms with Gasteiger partial charge in [-0.25, -0.2) is 4.79 Å². The molecule has 0 aromatic carbocycles. The molecule has 0 aromatic rings. The Balaban J connectivity index is 1.97. The van der Waals surface area contributed by atoms with Crippen LogP contribution >= 0.6 is 0 Å². The number of rotatable bonds is 2. The van der Waals surface area contributed by atoms with E-state index < -0.39 is 11.9 Å². The first-order valence-corrected chi connectivity index (χ1v) is 7.28. The van der Waals surface area contributed by atoms with E-state index in [-0.39, 0.29) is 12.1 Å². The maximum Gasteiger partial charge on any atom is 0.320 e. The van der Waals surface area contributed by atoms with Crippen molar-refractivity contribution in [2.75, 3.05) is 13.6 Å². The van der Waals surface area contributed by atoms with E-state index in [4.69, 9.17) is 5.11 Å². The van der Waals surface area contributed by atoms with Gasteiger partial charge in [-0.1, -0.05) is 19.3 Å². The number of carboxylic acid groups (broad SMARTS) is 1. The number of hydrogen-bond donors (Lipinski definition) is 1. The number of urea groups is 1. The average molecular weight is 268 g/mol. The van der Waals surface area contributed by atoms with Crippen LogP contribution in [0.15, 0.2) is 0 Å². The number of carbonyl (C=O) groups is 2. The lowest BCUT2D eigenvalue weighted by atomic mass is 9.94. The molecule has 19 heavy (non-hydrogen) atoms. The summed E-state index contributed by atoms with van der Waals surface area (Å²) in [5, 5.41) is 9.12. The second-order valence-corrected chi connectivity index (χ2v) is 5.85. The van der Waals surface area contributed by atoms with E-state index in [1.807, 2.05) is 18.9 Å². The first-order valence-electron chi connectivity index (χ1n) is 7.28. The van der Waals surface area contributed by atoms with Crippen LogP contribution in [0.25, 0.3) is 0 Å². The van der Waals surface area contributed by atoms with Gasteiger partial charge in [-0.05, 0) is 26.2 Å². The lowest BCUT2D eigenvalue weighted by Gasteiger charge is -2.35. The van der Waals surface area contributed by atoms with E-state index in [0.29, 0.717) is 19.0 Å². The fourth-order valence-electron chi connectivity index (χ4n) is 3.37. The standard InChI is InChI=1S/C14H24N2O3/c1-10-12(13(17)18)8-9-16(10)14(19)15(2)11-6-4-3-5-7-11/h10-12H,3-9H2,1-2H3,(H,17,18). The van der Waals surface area contributed by atoms with Gasteiger partial charge < -0.3 is 14.9 Å². The van der Waals surface area contributed by atoms with Gasteiger partial charge in [-0.2, -0.15) is 0 Å². The van der Waals surface area contributed by atoms with Crippen molar-refractivity contribution in [2.45, 2.75) is 57.5 Å². The number of amides is 2. The van der Waals surface area contributed by atoms with Crippen LogP contribution in [0.3, 0.4) is 0 Å². The van der Waals surface area contributed by atoms with E-state index in [1.54, 1.807) is 4.90 Å². The largest absolute Gasteiger partial charge is 0.481 e. The summed E-state index contributed by atoms with van der Waals surface area (Å²) in [5.41, 5.74) is 0. The molecule has 2 rings (SSSR count). The summed E-state index contributed by atoms with van der Waals surface area (Å²) < 4.78 is 0. The molecular formula is C14H24N2O3. The summed E-state index contributed by atoms with van der Waals surface area (Å²) in [4.78, 5) is 27.1. The minimum atomic E-state index is -0.789. The van der Waals surface area contributed by atoms with Crippen LogP contribution in [0.2, 0.25) is 0 Å². The monoisotopic (exact) mass is 268 g/mol. The van der Waals surface area contributed by atoms with Gasteiger partial charge in [-0.3, -0.25) is 4.79 Å². The maximum atomic E-state index is 12.5. The minimum Gasteiger partial charge on any atom is -0.481 e. The number of aliphatic carboxylic acids is 1. The lowest BCUT2D eigenvalue weighted by Crippen LogP contribution is -2.48. The van der Waals surface area contributed by atoms with Crippen molar-refractivity contribution in [3.8, 4) is 0 Å². The molecule has 1 heterocycles. The van der Waals surface area contributed by atoms with Crippen LogP contribution < -0.4 is 0 Å². The molecule has 0 bridgehead atoms. The van der Waals surface area contributed by atoms with Crippen molar-refractivity contribution >= 4 is 12.0 Å². The highest BCUT2D eigenvalue weighted by Crippen LogP contribution is 2.28. The average Bonchev–Trinajstić information content (AvgIpc) is 2.80. The van der Waals surface area contributed by atoms with Gasteiger partial charge >= 0.3 is 12.0 Å². The Morgan fingerprint density at radius 3 is 2.32 bits per heavy atom. The Morgan fingerprint density at radius 2 is 1.79 bits per heavy atom. The van der Waals surface area contributed by atoms with Crippen molar-refractivity contribution in [3.63, 3.8) is 0 Å². The van der Waals surface area contributed by atoms with Crippen molar-refractivity contribution in [2.24, 2.45) is 5.92 Å². The van der Waals surface area contributed by atoms with Crippen molar-refractivity contribution < 1.29 is 14.7 Å². The highest BCUT2D eigenvalue weighted by atomic mass is 16.4. The lowest BCUT2D eigenvalue weighted by molar-refractivity contribution is -0.142. The summed E-state index contributed by atoms with van der Waals surface area (Å²) in [7, 11) is 1.86. The molecule has 2 amide bonds. The summed E-state index contributed by atoms with van der Waals surface area (Å²) in [5.74, 6) is -1.20. The van der Waals surface area contributed by atoms with E-state index >= 15 is 0 Å². The molecule has 1 N–H and O–H groups in total. The predicted molar refractivity (Wildman–Crippen MR) is 71.9 cm³/mol. The fourth-order valence-corrected chi connectivity index (χ4v) is 3.37. The highest BCUT2D eigenvalue weighted by Gasteiger charge is 2.40. The number of carboxylic acids is 1. The molecular weight excluding hydrogens is 244 g/mol. The zero-order valence-corrected chi connectivity index (χ0v) is 11.8. The molecule has 5 nitrogen and oxygen atoms in total. The van der Waals surface area contributed by atoms with Gasteiger partial charge in [0.15, 0.2) is 0 Å². The third-order valence-electron chi connectivity index (χ3n) is 4.74.